The number of rotatable bonds is 6. The maximum atomic E-state index is 12.2. The molecule has 0 saturated heterocycles. The van der Waals surface area contributed by atoms with Gasteiger partial charge in [-0.3, -0.25) is 4.79 Å². The average Bonchev–Trinajstić information content (AvgIpc) is 2.56. The molecule has 2 rings (SSSR count). The maximum absolute atomic E-state index is 12.2. The van der Waals surface area contributed by atoms with Crippen molar-refractivity contribution in [1.82, 2.24) is 5.32 Å². The molecule has 2 aromatic carbocycles. The zero-order valence-electron chi connectivity index (χ0n) is 13.4. The Morgan fingerprint density at radius 1 is 1.00 bits per heavy atom. The van der Waals surface area contributed by atoms with E-state index in [1.54, 1.807) is 0 Å². The zero-order valence-corrected chi connectivity index (χ0v) is 13.4. The second-order valence-electron chi connectivity index (χ2n) is 5.50. The van der Waals surface area contributed by atoms with Gasteiger partial charge in [-0.05, 0) is 18.1 Å². The molecule has 0 aliphatic carbocycles. The summed E-state index contributed by atoms with van der Waals surface area (Å²) in [6, 6.07) is 16.6. The molecule has 0 fully saturated rings. The van der Waals surface area contributed by atoms with Crippen LogP contribution in [0.3, 0.4) is 0 Å². The van der Waals surface area contributed by atoms with Crippen LogP contribution in [-0.2, 0) is 27.2 Å². The van der Waals surface area contributed by atoms with Gasteiger partial charge in [-0.1, -0.05) is 60.2 Å². The molecule has 120 valence electrons. The van der Waals surface area contributed by atoms with E-state index >= 15 is 0 Å². The van der Waals surface area contributed by atoms with Gasteiger partial charge >= 0.3 is 5.97 Å². The molecule has 4 heteroatoms. The summed E-state index contributed by atoms with van der Waals surface area (Å²) < 4.78 is 4.81. The Morgan fingerprint density at radius 2 is 1.65 bits per heavy atom. The van der Waals surface area contributed by atoms with E-state index in [9.17, 15) is 9.59 Å². The van der Waals surface area contributed by atoms with Crippen molar-refractivity contribution in [3.8, 4) is 0 Å². The third kappa shape index (κ3) is 5.25. The molecule has 0 saturated carbocycles. The van der Waals surface area contributed by atoms with Crippen molar-refractivity contribution < 1.29 is 14.3 Å². The average molecular weight is 311 g/mol. The number of carbonyl (C=O) groups is 2. The quantitative estimate of drug-likeness (QED) is 0.834. The van der Waals surface area contributed by atoms with Crippen LogP contribution >= 0.6 is 0 Å². The second-order valence-corrected chi connectivity index (χ2v) is 5.50. The van der Waals surface area contributed by atoms with Gasteiger partial charge < -0.3 is 10.1 Å². The molecule has 0 aliphatic rings. The number of nitrogens with one attached hydrogen (secondary N) is 1. The van der Waals surface area contributed by atoms with Crippen molar-refractivity contribution >= 4 is 11.9 Å². The lowest BCUT2D eigenvalue weighted by Gasteiger charge is -2.17. The minimum atomic E-state index is -0.682. The Balaban J connectivity index is 2.02. The zero-order chi connectivity index (χ0) is 16.7. The van der Waals surface area contributed by atoms with Gasteiger partial charge in [0.05, 0.1) is 13.5 Å². The van der Waals surface area contributed by atoms with Crippen molar-refractivity contribution in [3.05, 3.63) is 71.3 Å². The van der Waals surface area contributed by atoms with Crippen molar-refractivity contribution in [2.45, 2.75) is 25.8 Å². The summed E-state index contributed by atoms with van der Waals surface area (Å²) in [6.07, 6.45) is 0.649. The van der Waals surface area contributed by atoms with Crippen LogP contribution < -0.4 is 5.32 Å². The monoisotopic (exact) mass is 311 g/mol. The van der Waals surface area contributed by atoms with E-state index in [4.69, 9.17) is 4.74 Å². The molecular weight excluding hydrogens is 290 g/mol. The molecule has 0 bridgehead atoms. The summed E-state index contributed by atoms with van der Waals surface area (Å²) in [5, 5.41) is 2.77. The predicted octanol–water partition coefficient (Wildman–Crippen LogP) is 2.44. The molecule has 0 aromatic heterocycles. The molecule has 1 N–H and O–H groups in total. The van der Waals surface area contributed by atoms with Crippen LogP contribution in [0.5, 0.6) is 0 Å². The third-order valence-electron chi connectivity index (χ3n) is 3.59. The Morgan fingerprint density at radius 3 is 2.26 bits per heavy atom. The van der Waals surface area contributed by atoms with Gasteiger partial charge in [-0.25, -0.2) is 4.79 Å². The molecule has 0 aliphatic heterocycles. The van der Waals surface area contributed by atoms with E-state index in [0.717, 1.165) is 16.7 Å². The highest BCUT2D eigenvalue weighted by atomic mass is 16.5. The number of hydrogen-bond acceptors (Lipinski definition) is 3. The highest BCUT2D eigenvalue weighted by Crippen LogP contribution is 2.08. The first-order valence-electron chi connectivity index (χ1n) is 7.55. The molecule has 4 nitrogen and oxygen atoms in total. The first-order valence-corrected chi connectivity index (χ1v) is 7.55. The number of aryl methyl sites for hydroxylation is 1. The Labute approximate surface area is 136 Å². The van der Waals surface area contributed by atoms with E-state index in [1.165, 1.54) is 7.11 Å². The Hall–Kier alpha value is -2.62. The number of hydrogen-bond donors (Lipinski definition) is 1. The number of methoxy groups -OCH3 is 1. The molecule has 2 aromatic rings. The number of esters is 1. The summed E-state index contributed by atoms with van der Waals surface area (Å²) in [7, 11) is 1.33. The largest absolute Gasteiger partial charge is 0.467 e. The number of ether oxygens (including phenoxy) is 1. The SMILES string of the molecule is COC(=O)[C@H](Cc1ccc(C)cc1)NC(=O)Cc1ccccc1. The van der Waals surface area contributed by atoms with Crippen molar-refractivity contribution in [1.29, 1.82) is 0 Å². The van der Waals surface area contributed by atoms with E-state index in [2.05, 4.69) is 5.32 Å². The lowest BCUT2D eigenvalue weighted by Crippen LogP contribution is -2.43. The number of benzene rings is 2. The summed E-state index contributed by atoms with van der Waals surface area (Å²) in [4.78, 5) is 24.1. The van der Waals surface area contributed by atoms with Crippen LogP contribution in [0.2, 0.25) is 0 Å². The normalized spacial score (nSPS) is 11.6. The highest BCUT2D eigenvalue weighted by molar-refractivity contribution is 5.85. The Kier molecular flexibility index (Phi) is 5.92. The highest BCUT2D eigenvalue weighted by Gasteiger charge is 2.21. The lowest BCUT2D eigenvalue weighted by atomic mass is 10.0. The molecule has 0 heterocycles. The summed E-state index contributed by atoms with van der Waals surface area (Å²) in [5.41, 5.74) is 3.03. The van der Waals surface area contributed by atoms with Crippen LogP contribution in [0.15, 0.2) is 54.6 Å². The van der Waals surface area contributed by atoms with Gasteiger partial charge in [0.2, 0.25) is 5.91 Å². The fourth-order valence-electron chi connectivity index (χ4n) is 2.32. The van der Waals surface area contributed by atoms with Gasteiger partial charge in [0.25, 0.3) is 0 Å². The molecule has 0 radical (unpaired) electrons. The van der Waals surface area contributed by atoms with Crippen LogP contribution in [0, 0.1) is 6.92 Å². The van der Waals surface area contributed by atoms with E-state index in [0.29, 0.717) is 6.42 Å². The van der Waals surface area contributed by atoms with Gasteiger partial charge in [0.15, 0.2) is 0 Å². The number of amides is 1. The summed E-state index contributed by atoms with van der Waals surface area (Å²) in [6.45, 7) is 2.00. The predicted molar refractivity (Wildman–Crippen MR) is 89.0 cm³/mol. The van der Waals surface area contributed by atoms with Gasteiger partial charge in [0.1, 0.15) is 6.04 Å². The minimum Gasteiger partial charge on any atom is -0.467 e. The van der Waals surface area contributed by atoms with Crippen LogP contribution in [0.1, 0.15) is 16.7 Å². The topological polar surface area (TPSA) is 55.4 Å². The van der Waals surface area contributed by atoms with E-state index in [1.807, 2.05) is 61.5 Å². The fraction of sp³-hybridized carbons (Fsp3) is 0.263. The molecule has 0 spiro atoms. The Bertz CT molecular complexity index is 650. The molecule has 1 amide bonds. The molecule has 0 unspecified atom stereocenters. The maximum Gasteiger partial charge on any atom is 0.328 e. The number of carbonyl (C=O) groups excluding carboxylic acids is 2. The van der Waals surface area contributed by atoms with E-state index in [-0.39, 0.29) is 12.3 Å². The first kappa shape index (κ1) is 16.7. The van der Waals surface area contributed by atoms with Crippen LogP contribution in [-0.4, -0.2) is 25.0 Å². The van der Waals surface area contributed by atoms with Gasteiger partial charge in [-0.2, -0.15) is 0 Å². The van der Waals surface area contributed by atoms with Crippen molar-refractivity contribution in [2.24, 2.45) is 0 Å². The van der Waals surface area contributed by atoms with Crippen LogP contribution in [0.4, 0.5) is 0 Å². The lowest BCUT2D eigenvalue weighted by molar-refractivity contribution is -0.145. The van der Waals surface area contributed by atoms with Crippen molar-refractivity contribution in [2.75, 3.05) is 7.11 Å². The third-order valence-corrected chi connectivity index (χ3v) is 3.59. The van der Waals surface area contributed by atoms with Gasteiger partial charge in [-0.15, -0.1) is 0 Å². The summed E-state index contributed by atoms with van der Waals surface area (Å²) >= 11 is 0. The minimum absolute atomic E-state index is 0.196. The molecule has 1 atom stereocenters. The smallest absolute Gasteiger partial charge is 0.328 e. The second kappa shape index (κ2) is 8.13. The standard InChI is InChI=1S/C19H21NO3/c1-14-8-10-16(11-9-14)12-17(19(22)23-2)20-18(21)13-15-6-4-3-5-7-15/h3-11,17H,12-13H2,1-2H3,(H,20,21)/t17-/m0/s1. The first-order chi connectivity index (χ1) is 11.1. The summed E-state index contributed by atoms with van der Waals surface area (Å²) in [5.74, 6) is -0.634. The van der Waals surface area contributed by atoms with E-state index < -0.39 is 12.0 Å². The van der Waals surface area contributed by atoms with Gasteiger partial charge in [0, 0.05) is 6.42 Å². The molecule has 23 heavy (non-hydrogen) atoms. The fourth-order valence-corrected chi connectivity index (χ4v) is 2.32. The molecular formula is C19H21NO3. The van der Waals surface area contributed by atoms with Crippen molar-refractivity contribution in [3.63, 3.8) is 0 Å². The van der Waals surface area contributed by atoms with Crippen LogP contribution in [0.25, 0.3) is 0 Å².